The van der Waals surface area contributed by atoms with Gasteiger partial charge in [0.2, 0.25) is 11.8 Å². The zero-order valence-corrected chi connectivity index (χ0v) is 26.2. The molecular formula is C35H38FN3O4S. The van der Waals surface area contributed by atoms with E-state index in [4.69, 9.17) is 0 Å². The summed E-state index contributed by atoms with van der Waals surface area (Å²) < 4.78 is 44.0. The van der Waals surface area contributed by atoms with E-state index in [2.05, 4.69) is 5.32 Å². The Kier molecular flexibility index (Phi) is 10.5. The number of amides is 2. The summed E-state index contributed by atoms with van der Waals surface area (Å²) in [7, 11) is -4.38. The highest BCUT2D eigenvalue weighted by molar-refractivity contribution is 7.92. The van der Waals surface area contributed by atoms with Gasteiger partial charge in [-0.1, -0.05) is 90.0 Å². The lowest BCUT2D eigenvalue weighted by Gasteiger charge is -2.34. The summed E-state index contributed by atoms with van der Waals surface area (Å²) in [4.78, 5) is 29.4. The molecule has 0 unspecified atom stereocenters. The van der Waals surface area contributed by atoms with Crippen LogP contribution in [0.3, 0.4) is 0 Å². The summed E-state index contributed by atoms with van der Waals surface area (Å²) in [5, 5.41) is 2.93. The van der Waals surface area contributed by atoms with Crippen LogP contribution in [0.15, 0.2) is 108 Å². The Hall–Kier alpha value is -4.50. The maximum absolute atomic E-state index is 15.2. The van der Waals surface area contributed by atoms with Crippen molar-refractivity contribution in [3.05, 3.63) is 131 Å². The summed E-state index contributed by atoms with van der Waals surface area (Å²) >= 11 is 0. The molecule has 4 rings (SSSR count). The molecule has 0 aromatic heterocycles. The number of para-hydroxylation sites is 1. The van der Waals surface area contributed by atoms with Gasteiger partial charge in [-0.25, -0.2) is 12.8 Å². The zero-order chi connectivity index (χ0) is 31.9. The zero-order valence-electron chi connectivity index (χ0n) is 25.4. The molecule has 230 valence electrons. The smallest absolute Gasteiger partial charge is 0.264 e. The van der Waals surface area contributed by atoms with Gasteiger partial charge in [0.05, 0.1) is 10.6 Å². The monoisotopic (exact) mass is 615 g/mol. The lowest BCUT2D eigenvalue weighted by molar-refractivity contribution is -0.140. The van der Waals surface area contributed by atoms with Crippen molar-refractivity contribution in [3.63, 3.8) is 0 Å². The fourth-order valence-corrected chi connectivity index (χ4v) is 6.37. The number of hydrogen-bond acceptors (Lipinski definition) is 4. The molecule has 0 heterocycles. The summed E-state index contributed by atoms with van der Waals surface area (Å²) in [5.74, 6) is -1.81. The van der Waals surface area contributed by atoms with Gasteiger partial charge in [-0.2, -0.15) is 0 Å². The standard InChI is InChI=1S/C35H38FN3O4S/c1-25(2)37-35(41)33(22-28-12-6-5-7-13-28)38(23-29-14-10-11-27(4)21-29)34(40)24-39(32-16-9-8-15-31(32)36)44(42,43)30-19-17-26(3)18-20-30/h5-21,25,33H,22-24H2,1-4H3,(H,37,41)/t33-/m0/s1. The second-order valence-electron chi connectivity index (χ2n) is 11.2. The van der Waals surface area contributed by atoms with Crippen LogP contribution in [0.5, 0.6) is 0 Å². The van der Waals surface area contributed by atoms with Crippen LogP contribution in [0.1, 0.15) is 36.1 Å². The number of sulfonamides is 1. The molecule has 7 nitrogen and oxygen atoms in total. The van der Waals surface area contributed by atoms with Gasteiger partial charge in [-0.05, 0) is 63.1 Å². The van der Waals surface area contributed by atoms with Crippen molar-refractivity contribution in [2.24, 2.45) is 0 Å². The minimum atomic E-state index is -4.38. The van der Waals surface area contributed by atoms with E-state index in [0.717, 1.165) is 32.6 Å². The molecule has 0 aliphatic carbocycles. The van der Waals surface area contributed by atoms with E-state index in [1.807, 2.05) is 82.3 Å². The number of nitrogens with one attached hydrogen (secondary N) is 1. The number of carbonyl (C=O) groups is 2. The van der Waals surface area contributed by atoms with Crippen LogP contribution in [0, 0.1) is 19.7 Å². The molecule has 0 bridgehead atoms. The number of anilines is 1. The average Bonchev–Trinajstić information content (AvgIpc) is 2.98. The van der Waals surface area contributed by atoms with Crippen LogP contribution in [0.25, 0.3) is 0 Å². The van der Waals surface area contributed by atoms with E-state index in [1.165, 1.54) is 35.2 Å². The Labute approximate surface area is 259 Å². The first-order valence-corrected chi connectivity index (χ1v) is 15.9. The third-order valence-electron chi connectivity index (χ3n) is 7.15. The molecule has 4 aromatic carbocycles. The first-order valence-electron chi connectivity index (χ1n) is 14.5. The number of benzene rings is 4. The fourth-order valence-electron chi connectivity index (χ4n) is 4.95. The summed E-state index contributed by atoms with van der Waals surface area (Å²) in [6.45, 7) is 6.74. The molecule has 44 heavy (non-hydrogen) atoms. The minimum Gasteiger partial charge on any atom is -0.352 e. The van der Waals surface area contributed by atoms with Crippen molar-refractivity contribution < 1.29 is 22.4 Å². The molecule has 4 aromatic rings. The third kappa shape index (κ3) is 8.11. The van der Waals surface area contributed by atoms with Gasteiger partial charge >= 0.3 is 0 Å². The average molecular weight is 616 g/mol. The highest BCUT2D eigenvalue weighted by Crippen LogP contribution is 2.27. The molecule has 9 heteroatoms. The van der Waals surface area contributed by atoms with E-state index in [9.17, 15) is 18.0 Å². The van der Waals surface area contributed by atoms with E-state index >= 15 is 4.39 Å². The molecule has 0 aliphatic heterocycles. The van der Waals surface area contributed by atoms with Gasteiger partial charge in [-0.3, -0.25) is 13.9 Å². The van der Waals surface area contributed by atoms with Crippen molar-refractivity contribution >= 4 is 27.5 Å². The predicted molar refractivity (Wildman–Crippen MR) is 171 cm³/mol. The quantitative estimate of drug-likeness (QED) is 0.218. The number of carbonyl (C=O) groups excluding carboxylic acids is 2. The molecule has 1 N–H and O–H groups in total. The fraction of sp³-hybridized carbons (Fsp3) is 0.257. The summed E-state index contributed by atoms with van der Waals surface area (Å²) in [5.41, 5.74) is 3.16. The first-order chi connectivity index (χ1) is 21.0. The molecule has 0 fully saturated rings. The summed E-state index contributed by atoms with van der Waals surface area (Å²) in [6.07, 6.45) is 0.196. The number of aryl methyl sites for hydroxylation is 2. The Morgan fingerprint density at radius 3 is 2.07 bits per heavy atom. The number of halogens is 1. The highest BCUT2D eigenvalue weighted by atomic mass is 32.2. The molecule has 0 spiro atoms. The van der Waals surface area contributed by atoms with Gasteiger partial charge in [-0.15, -0.1) is 0 Å². The Morgan fingerprint density at radius 2 is 1.43 bits per heavy atom. The predicted octanol–water partition coefficient (Wildman–Crippen LogP) is 5.80. The highest BCUT2D eigenvalue weighted by Gasteiger charge is 2.35. The second kappa shape index (κ2) is 14.3. The SMILES string of the molecule is Cc1ccc(S(=O)(=O)N(CC(=O)N(Cc2cccc(C)c2)[C@@H](Cc2ccccc2)C(=O)NC(C)C)c2ccccc2F)cc1. The van der Waals surface area contributed by atoms with Crippen molar-refractivity contribution in [2.75, 3.05) is 10.8 Å². The van der Waals surface area contributed by atoms with Gasteiger partial charge in [0.25, 0.3) is 10.0 Å². The first kappa shape index (κ1) is 32.4. The van der Waals surface area contributed by atoms with Gasteiger partial charge in [0.1, 0.15) is 18.4 Å². The topological polar surface area (TPSA) is 86.8 Å². The molecular weight excluding hydrogens is 577 g/mol. The van der Waals surface area contributed by atoms with Crippen molar-refractivity contribution in [1.82, 2.24) is 10.2 Å². The number of hydrogen-bond donors (Lipinski definition) is 1. The van der Waals surface area contributed by atoms with Crippen LogP contribution < -0.4 is 9.62 Å². The van der Waals surface area contributed by atoms with Crippen LogP contribution in [0.2, 0.25) is 0 Å². The Balaban J connectivity index is 1.82. The van der Waals surface area contributed by atoms with Gasteiger partial charge < -0.3 is 10.2 Å². The lowest BCUT2D eigenvalue weighted by Crippen LogP contribution is -2.54. The molecule has 0 aliphatic rings. The lowest BCUT2D eigenvalue weighted by atomic mass is 10.0. The van der Waals surface area contributed by atoms with Crippen LogP contribution in [-0.4, -0.2) is 43.8 Å². The molecule has 1 atom stereocenters. The Bertz CT molecular complexity index is 1690. The van der Waals surface area contributed by atoms with Gasteiger partial charge in [0, 0.05) is 19.0 Å². The normalized spacial score (nSPS) is 12.0. The maximum Gasteiger partial charge on any atom is 0.264 e. The summed E-state index contributed by atoms with van der Waals surface area (Å²) in [6, 6.07) is 27.3. The molecule has 0 saturated carbocycles. The van der Waals surface area contributed by atoms with Gasteiger partial charge in [0.15, 0.2) is 0 Å². The molecule has 0 radical (unpaired) electrons. The largest absolute Gasteiger partial charge is 0.352 e. The third-order valence-corrected chi connectivity index (χ3v) is 8.92. The molecule has 0 saturated heterocycles. The minimum absolute atomic E-state index is 0.0409. The molecule has 2 amide bonds. The van der Waals surface area contributed by atoms with E-state index in [1.54, 1.807) is 12.1 Å². The van der Waals surface area contributed by atoms with E-state index < -0.39 is 34.3 Å². The van der Waals surface area contributed by atoms with E-state index in [-0.39, 0.29) is 35.5 Å². The van der Waals surface area contributed by atoms with Crippen LogP contribution in [0.4, 0.5) is 10.1 Å². The van der Waals surface area contributed by atoms with E-state index in [0.29, 0.717) is 0 Å². The van der Waals surface area contributed by atoms with Crippen LogP contribution >= 0.6 is 0 Å². The van der Waals surface area contributed by atoms with Crippen molar-refractivity contribution in [2.45, 2.75) is 57.6 Å². The van der Waals surface area contributed by atoms with Crippen molar-refractivity contribution in [3.8, 4) is 0 Å². The second-order valence-corrected chi connectivity index (χ2v) is 13.0. The maximum atomic E-state index is 15.2. The van der Waals surface area contributed by atoms with Crippen molar-refractivity contribution in [1.29, 1.82) is 0 Å². The number of nitrogens with zero attached hydrogens (tertiary/aromatic N) is 2. The number of rotatable bonds is 12. The van der Waals surface area contributed by atoms with Crippen LogP contribution in [-0.2, 0) is 32.6 Å². The Morgan fingerprint density at radius 1 is 0.795 bits per heavy atom.